The molecule has 1 rings (SSSR count). The number of aliphatic hydroxyl groups excluding tert-OH is 5. The average Bonchev–Trinajstić information content (AvgIpc) is 2.19. The van der Waals surface area contributed by atoms with E-state index in [0.29, 0.717) is 0 Å². The van der Waals surface area contributed by atoms with E-state index in [1.165, 1.54) is 0 Å². The van der Waals surface area contributed by atoms with Crippen LogP contribution in [0.15, 0.2) is 0 Å². The minimum absolute atomic E-state index is 0. The topological polar surface area (TPSA) is 188 Å². The van der Waals surface area contributed by atoms with Crippen LogP contribution in [0, 0.1) is 0 Å². The van der Waals surface area contributed by atoms with Gasteiger partial charge < -0.3 is 41.9 Å². The summed E-state index contributed by atoms with van der Waals surface area (Å²) in [6, 6.07) is 0. The van der Waals surface area contributed by atoms with Gasteiger partial charge in [0.25, 0.3) is 0 Å². The Bertz CT molecular complexity index is 322. The molecular formula is C6H14NaO10P. The number of rotatable bonds is 2. The Morgan fingerprint density at radius 2 is 1.28 bits per heavy atom. The largest absolute Gasteiger partial charge is 1.00 e. The molecule has 0 spiro atoms. The molecule has 1 aliphatic rings. The summed E-state index contributed by atoms with van der Waals surface area (Å²) in [5, 5.41) is 55.7. The molecule has 18 heavy (non-hydrogen) atoms. The normalized spacial score (nSPS) is 45.4. The number of hydrogen-bond acceptors (Lipinski definition) is 8. The third-order valence-corrected chi connectivity index (χ3v) is 2.99. The molecular weight excluding hydrogens is 286 g/mol. The van der Waals surface area contributed by atoms with Crippen LogP contribution in [-0.2, 0) is 9.09 Å². The van der Waals surface area contributed by atoms with Crippen molar-refractivity contribution < 1.29 is 80.5 Å². The van der Waals surface area contributed by atoms with E-state index in [1.807, 2.05) is 0 Å². The predicted molar refractivity (Wildman–Crippen MR) is 49.2 cm³/mol. The Kier molecular flexibility index (Phi) is 6.40. The summed E-state index contributed by atoms with van der Waals surface area (Å²) in [6.07, 6.45) is -11.2. The smallest absolute Gasteiger partial charge is 1.00 e. The molecule has 0 aromatic heterocycles. The van der Waals surface area contributed by atoms with E-state index in [2.05, 4.69) is 4.52 Å². The molecule has 0 radical (unpaired) electrons. The van der Waals surface area contributed by atoms with E-state index in [0.717, 1.165) is 0 Å². The molecule has 1 saturated carbocycles. The van der Waals surface area contributed by atoms with Crippen LogP contribution in [0.2, 0.25) is 0 Å². The van der Waals surface area contributed by atoms with Gasteiger partial charge in [0.05, 0.1) is 0 Å². The van der Waals surface area contributed by atoms with E-state index in [4.69, 9.17) is 14.9 Å². The summed E-state index contributed by atoms with van der Waals surface area (Å²) in [6.45, 7) is 0. The molecule has 12 heteroatoms. The molecule has 6 atom stereocenters. The number of aliphatic hydroxyl groups is 6. The van der Waals surface area contributed by atoms with E-state index in [-0.39, 0.29) is 31.0 Å². The quantitative estimate of drug-likeness (QED) is 0.138. The Morgan fingerprint density at radius 1 is 0.944 bits per heavy atom. The summed E-state index contributed by atoms with van der Waals surface area (Å²) in [4.78, 5) is 17.0. The molecule has 0 bridgehead atoms. The molecule has 104 valence electrons. The van der Waals surface area contributed by atoms with Crippen molar-refractivity contribution in [2.75, 3.05) is 0 Å². The van der Waals surface area contributed by atoms with Gasteiger partial charge >= 0.3 is 37.4 Å². The molecule has 2 unspecified atom stereocenters. The molecule has 0 aliphatic heterocycles. The summed E-state index contributed by atoms with van der Waals surface area (Å²) in [5.41, 5.74) is 0. The first-order valence-corrected chi connectivity index (χ1v) is 5.92. The Balaban J connectivity index is 0. The fourth-order valence-corrected chi connectivity index (χ4v) is 2.14. The number of phosphoric acid groups is 1. The zero-order valence-corrected chi connectivity index (χ0v) is 12.1. The van der Waals surface area contributed by atoms with Crippen LogP contribution in [-0.4, -0.2) is 76.7 Å². The molecule has 1 aliphatic carbocycles. The van der Waals surface area contributed by atoms with Crippen molar-refractivity contribution in [3.8, 4) is 0 Å². The molecule has 0 heterocycles. The standard InChI is InChI=1S/C6H13O10P.Na.H/c7-1-2(8)4(10)6(12,5(11)3(1)9)16-17(13,14)15;;/h1-5,7-12H,(H2,13,14,15);;/q;+1;-1/t1?,2-,3+,4-,5-,6?;;/m1../s1. The third-order valence-electron chi connectivity index (χ3n) is 2.46. The minimum Gasteiger partial charge on any atom is -1.00 e. The summed E-state index contributed by atoms with van der Waals surface area (Å²) >= 11 is 0. The number of hydrogen-bond donors (Lipinski definition) is 8. The van der Waals surface area contributed by atoms with Crippen LogP contribution in [0.1, 0.15) is 1.43 Å². The Morgan fingerprint density at radius 3 is 1.56 bits per heavy atom. The molecule has 1 fully saturated rings. The van der Waals surface area contributed by atoms with Gasteiger partial charge in [0.1, 0.15) is 30.5 Å². The summed E-state index contributed by atoms with van der Waals surface area (Å²) in [7, 11) is -5.32. The van der Waals surface area contributed by atoms with Gasteiger partial charge in [0.15, 0.2) is 0 Å². The van der Waals surface area contributed by atoms with Gasteiger partial charge in [-0.25, -0.2) is 9.09 Å². The maximum absolute atomic E-state index is 10.6. The minimum atomic E-state index is -5.32. The van der Waals surface area contributed by atoms with Crippen molar-refractivity contribution >= 4 is 7.82 Å². The van der Waals surface area contributed by atoms with Gasteiger partial charge in [-0.3, -0.25) is 0 Å². The first-order chi connectivity index (χ1) is 7.50. The second kappa shape index (κ2) is 6.10. The SMILES string of the molecule is O=P(O)(O)OC1(O)[C@H](O)[C@H](O)C(O)[C@H](O)[C@H]1O.[H-].[Na+]. The van der Waals surface area contributed by atoms with Gasteiger partial charge in [-0.2, -0.15) is 0 Å². The first kappa shape index (κ1) is 18.9. The van der Waals surface area contributed by atoms with Gasteiger partial charge in [0, 0.05) is 0 Å². The van der Waals surface area contributed by atoms with Crippen LogP contribution in [0.25, 0.3) is 0 Å². The zero-order valence-electron chi connectivity index (χ0n) is 10.2. The Labute approximate surface area is 124 Å². The predicted octanol–water partition coefficient (Wildman–Crippen LogP) is -7.28. The average molecular weight is 300 g/mol. The fraction of sp³-hybridized carbons (Fsp3) is 1.00. The maximum atomic E-state index is 10.6. The number of phosphoric ester groups is 1. The zero-order chi connectivity index (χ0) is 13.6. The molecule has 0 aromatic rings. The maximum Gasteiger partial charge on any atom is 1.00 e. The first-order valence-electron chi connectivity index (χ1n) is 4.39. The third kappa shape index (κ3) is 3.49. The van der Waals surface area contributed by atoms with Crippen molar-refractivity contribution in [2.45, 2.75) is 36.3 Å². The van der Waals surface area contributed by atoms with Crippen molar-refractivity contribution in [1.82, 2.24) is 0 Å². The van der Waals surface area contributed by atoms with Crippen molar-refractivity contribution in [1.29, 1.82) is 0 Å². The fourth-order valence-electron chi connectivity index (χ4n) is 1.54. The van der Waals surface area contributed by atoms with Crippen LogP contribution in [0.4, 0.5) is 0 Å². The van der Waals surface area contributed by atoms with E-state index in [1.54, 1.807) is 0 Å². The molecule has 10 nitrogen and oxygen atoms in total. The van der Waals surface area contributed by atoms with Crippen LogP contribution in [0.5, 0.6) is 0 Å². The molecule has 0 amide bonds. The molecule has 8 N–H and O–H groups in total. The van der Waals surface area contributed by atoms with E-state index in [9.17, 15) is 30.1 Å². The summed E-state index contributed by atoms with van der Waals surface area (Å²) in [5.74, 6) is -3.31. The molecule has 0 saturated heterocycles. The van der Waals surface area contributed by atoms with Gasteiger partial charge in [-0.1, -0.05) is 0 Å². The Hall–Kier alpha value is 0.870. The van der Waals surface area contributed by atoms with Gasteiger partial charge in [-0.15, -0.1) is 0 Å². The van der Waals surface area contributed by atoms with E-state index >= 15 is 0 Å². The van der Waals surface area contributed by atoms with Crippen LogP contribution < -0.4 is 29.6 Å². The monoisotopic (exact) mass is 300 g/mol. The van der Waals surface area contributed by atoms with Gasteiger partial charge in [0.2, 0.25) is 5.79 Å². The summed E-state index contributed by atoms with van der Waals surface area (Å²) < 4.78 is 14.3. The van der Waals surface area contributed by atoms with E-state index < -0.39 is 44.1 Å². The van der Waals surface area contributed by atoms with Crippen LogP contribution in [0.3, 0.4) is 0 Å². The van der Waals surface area contributed by atoms with Crippen LogP contribution >= 0.6 is 7.82 Å². The van der Waals surface area contributed by atoms with Crippen molar-refractivity contribution in [3.63, 3.8) is 0 Å². The van der Waals surface area contributed by atoms with Crippen molar-refractivity contribution in [3.05, 3.63) is 0 Å². The second-order valence-corrected chi connectivity index (χ2v) is 4.86. The second-order valence-electron chi connectivity index (χ2n) is 3.70. The van der Waals surface area contributed by atoms with Crippen molar-refractivity contribution in [2.24, 2.45) is 0 Å². The van der Waals surface area contributed by atoms with Gasteiger partial charge in [-0.05, 0) is 0 Å². The molecule has 0 aromatic carbocycles.